The Hall–Kier alpha value is -2.24. The van der Waals surface area contributed by atoms with Gasteiger partial charge in [0, 0.05) is 12.1 Å². The van der Waals surface area contributed by atoms with Crippen LogP contribution in [0.3, 0.4) is 0 Å². The molecule has 0 aromatic heterocycles. The summed E-state index contributed by atoms with van der Waals surface area (Å²) in [5.74, 6) is 0.634. The van der Waals surface area contributed by atoms with E-state index in [0.717, 1.165) is 5.69 Å². The molecule has 1 aromatic carbocycles. The van der Waals surface area contributed by atoms with Crippen molar-refractivity contribution >= 4 is 17.7 Å². The number of fused-ring (bicyclic) bond motifs is 1. The van der Waals surface area contributed by atoms with Gasteiger partial charge in [-0.25, -0.2) is 4.79 Å². The van der Waals surface area contributed by atoms with Crippen molar-refractivity contribution < 1.29 is 19.4 Å². The first-order valence-corrected chi connectivity index (χ1v) is 6.18. The molecule has 1 heterocycles. The van der Waals surface area contributed by atoms with E-state index in [-0.39, 0.29) is 24.6 Å². The van der Waals surface area contributed by atoms with Crippen LogP contribution in [0.5, 0.6) is 5.75 Å². The van der Waals surface area contributed by atoms with E-state index in [0.29, 0.717) is 18.6 Å². The van der Waals surface area contributed by atoms with Crippen LogP contribution in [-0.2, 0) is 4.79 Å². The molecule has 1 aliphatic heterocycles. The third-order valence-corrected chi connectivity index (χ3v) is 3.55. The standard InChI is InChI=1S/C13H14N2O4/c16-12-7-19-11-4-2-1-3-10(11)15(12)9-5-8(6-9)14-13(17)18/h1-4,8-9,14H,5-7H2,(H,17,18)/t8-,9-. The molecule has 6 heteroatoms. The van der Waals surface area contributed by atoms with Crippen LogP contribution < -0.4 is 15.0 Å². The van der Waals surface area contributed by atoms with Crippen LogP contribution in [-0.4, -0.2) is 35.8 Å². The van der Waals surface area contributed by atoms with Crippen molar-refractivity contribution in [3.63, 3.8) is 0 Å². The number of anilines is 1. The number of amides is 2. The number of hydrogen-bond donors (Lipinski definition) is 2. The molecule has 2 N–H and O–H groups in total. The summed E-state index contributed by atoms with van der Waals surface area (Å²) in [7, 11) is 0. The summed E-state index contributed by atoms with van der Waals surface area (Å²) in [4.78, 5) is 24.3. The average molecular weight is 262 g/mol. The van der Waals surface area contributed by atoms with E-state index in [1.165, 1.54) is 0 Å². The normalized spacial score (nSPS) is 25.1. The van der Waals surface area contributed by atoms with Crippen molar-refractivity contribution in [1.82, 2.24) is 5.32 Å². The minimum atomic E-state index is -1.02. The first kappa shape index (κ1) is 11.8. The van der Waals surface area contributed by atoms with Gasteiger partial charge in [0.1, 0.15) is 5.75 Å². The van der Waals surface area contributed by atoms with Crippen LogP contribution in [0.15, 0.2) is 24.3 Å². The highest BCUT2D eigenvalue weighted by atomic mass is 16.5. The fourth-order valence-electron chi connectivity index (χ4n) is 2.61. The van der Waals surface area contributed by atoms with Crippen LogP contribution in [0.4, 0.5) is 10.5 Å². The van der Waals surface area contributed by atoms with E-state index in [1.807, 2.05) is 24.3 Å². The lowest BCUT2D eigenvalue weighted by Crippen LogP contribution is -2.57. The molecule has 1 aliphatic carbocycles. The topological polar surface area (TPSA) is 78.9 Å². The van der Waals surface area contributed by atoms with E-state index in [9.17, 15) is 9.59 Å². The zero-order chi connectivity index (χ0) is 13.4. The van der Waals surface area contributed by atoms with Gasteiger partial charge in [0.15, 0.2) is 6.61 Å². The number of hydrogen-bond acceptors (Lipinski definition) is 3. The molecule has 2 aliphatic rings. The molecule has 6 nitrogen and oxygen atoms in total. The van der Waals surface area contributed by atoms with Gasteiger partial charge in [-0.1, -0.05) is 12.1 Å². The van der Waals surface area contributed by atoms with E-state index < -0.39 is 6.09 Å². The first-order chi connectivity index (χ1) is 9.15. The first-order valence-electron chi connectivity index (χ1n) is 6.18. The largest absolute Gasteiger partial charge is 0.482 e. The van der Waals surface area contributed by atoms with Crippen molar-refractivity contribution in [2.45, 2.75) is 24.9 Å². The summed E-state index contributed by atoms with van der Waals surface area (Å²) in [6, 6.07) is 7.40. The summed E-state index contributed by atoms with van der Waals surface area (Å²) < 4.78 is 5.38. The summed E-state index contributed by atoms with van der Waals surface area (Å²) in [6.07, 6.45) is 0.274. The highest BCUT2D eigenvalue weighted by molar-refractivity contribution is 5.98. The lowest BCUT2D eigenvalue weighted by molar-refractivity contribution is -0.122. The summed E-state index contributed by atoms with van der Waals surface area (Å²) in [5.41, 5.74) is 0.775. The van der Waals surface area contributed by atoms with Crippen LogP contribution >= 0.6 is 0 Å². The summed E-state index contributed by atoms with van der Waals surface area (Å²) >= 11 is 0. The molecule has 3 rings (SSSR count). The molecule has 0 unspecified atom stereocenters. The van der Waals surface area contributed by atoms with E-state index in [1.54, 1.807) is 4.90 Å². The lowest BCUT2D eigenvalue weighted by Gasteiger charge is -2.44. The van der Waals surface area contributed by atoms with Gasteiger partial charge in [0.05, 0.1) is 5.69 Å². The van der Waals surface area contributed by atoms with Crippen LogP contribution in [0, 0.1) is 0 Å². The highest BCUT2D eigenvalue weighted by Crippen LogP contribution is 2.37. The van der Waals surface area contributed by atoms with Crippen LogP contribution in [0.2, 0.25) is 0 Å². The molecule has 1 saturated carbocycles. The molecular weight excluding hydrogens is 248 g/mol. The Morgan fingerprint density at radius 3 is 2.84 bits per heavy atom. The van der Waals surface area contributed by atoms with Crippen LogP contribution in [0.25, 0.3) is 0 Å². The summed E-state index contributed by atoms with van der Waals surface area (Å²) in [6.45, 7) is 0.0462. The number of nitrogens with one attached hydrogen (secondary N) is 1. The Morgan fingerprint density at radius 2 is 2.11 bits per heavy atom. The number of benzene rings is 1. The Morgan fingerprint density at radius 1 is 1.37 bits per heavy atom. The highest BCUT2D eigenvalue weighted by Gasteiger charge is 2.40. The van der Waals surface area contributed by atoms with Crippen molar-refractivity contribution in [1.29, 1.82) is 0 Å². The minimum Gasteiger partial charge on any atom is -0.482 e. The monoisotopic (exact) mass is 262 g/mol. The maximum atomic E-state index is 12.0. The fourth-order valence-corrected chi connectivity index (χ4v) is 2.61. The van der Waals surface area contributed by atoms with Crippen molar-refractivity contribution in [3.05, 3.63) is 24.3 Å². The number of nitrogens with zero attached hydrogens (tertiary/aromatic N) is 1. The third-order valence-electron chi connectivity index (χ3n) is 3.55. The van der Waals surface area contributed by atoms with Gasteiger partial charge in [-0.05, 0) is 25.0 Å². The quantitative estimate of drug-likeness (QED) is 0.839. The molecule has 1 fully saturated rings. The molecule has 2 amide bonds. The smallest absolute Gasteiger partial charge is 0.404 e. The summed E-state index contributed by atoms with van der Waals surface area (Å²) in [5, 5.41) is 11.1. The maximum Gasteiger partial charge on any atom is 0.404 e. The third kappa shape index (κ3) is 2.09. The Kier molecular flexibility index (Phi) is 2.77. The number of rotatable bonds is 2. The van der Waals surface area contributed by atoms with E-state index in [2.05, 4.69) is 5.32 Å². The molecule has 19 heavy (non-hydrogen) atoms. The van der Waals surface area contributed by atoms with E-state index in [4.69, 9.17) is 9.84 Å². The van der Waals surface area contributed by atoms with Crippen LogP contribution in [0.1, 0.15) is 12.8 Å². The second-order valence-corrected chi connectivity index (χ2v) is 4.79. The number of ether oxygens (including phenoxy) is 1. The Bertz CT molecular complexity index is 525. The van der Waals surface area contributed by atoms with Crippen molar-refractivity contribution in [2.75, 3.05) is 11.5 Å². The lowest BCUT2D eigenvalue weighted by atomic mass is 9.85. The van der Waals surface area contributed by atoms with Gasteiger partial charge in [-0.3, -0.25) is 4.79 Å². The van der Waals surface area contributed by atoms with Gasteiger partial charge in [-0.15, -0.1) is 0 Å². The second kappa shape index (κ2) is 4.46. The molecule has 1 aromatic rings. The Labute approximate surface area is 110 Å². The van der Waals surface area contributed by atoms with Gasteiger partial charge in [0.2, 0.25) is 0 Å². The Balaban J connectivity index is 1.75. The van der Waals surface area contributed by atoms with Gasteiger partial charge >= 0.3 is 6.09 Å². The molecule has 100 valence electrons. The van der Waals surface area contributed by atoms with Gasteiger partial charge in [-0.2, -0.15) is 0 Å². The zero-order valence-corrected chi connectivity index (χ0v) is 10.2. The van der Waals surface area contributed by atoms with E-state index >= 15 is 0 Å². The minimum absolute atomic E-state index is 0.0462. The number of carboxylic acid groups (broad SMARTS) is 1. The molecule has 0 atom stereocenters. The average Bonchev–Trinajstić information content (AvgIpc) is 2.34. The SMILES string of the molecule is O=C(O)N[C@H]1C[C@H](N2C(=O)COc3ccccc32)C1. The molecular formula is C13H14N2O4. The van der Waals surface area contributed by atoms with Gasteiger partial charge in [0.25, 0.3) is 5.91 Å². The molecule has 0 saturated heterocycles. The molecule has 0 spiro atoms. The molecule has 0 bridgehead atoms. The van der Waals surface area contributed by atoms with Crippen molar-refractivity contribution in [3.8, 4) is 5.75 Å². The zero-order valence-electron chi connectivity index (χ0n) is 10.2. The number of carbonyl (C=O) groups excluding carboxylic acids is 1. The maximum absolute atomic E-state index is 12.0. The van der Waals surface area contributed by atoms with Crippen molar-refractivity contribution in [2.24, 2.45) is 0 Å². The number of para-hydroxylation sites is 2. The van der Waals surface area contributed by atoms with Gasteiger partial charge < -0.3 is 20.1 Å². The molecule has 0 radical (unpaired) electrons. The fraction of sp³-hybridized carbons (Fsp3) is 0.385. The predicted molar refractivity (Wildman–Crippen MR) is 67.4 cm³/mol. The second-order valence-electron chi connectivity index (χ2n) is 4.79. The predicted octanol–water partition coefficient (Wildman–Crippen LogP) is 1.21. The number of carbonyl (C=O) groups is 2.